The van der Waals surface area contributed by atoms with Crippen molar-refractivity contribution in [2.45, 2.75) is 13.5 Å². The van der Waals surface area contributed by atoms with Crippen LogP contribution in [0, 0.1) is 6.92 Å². The van der Waals surface area contributed by atoms with Crippen molar-refractivity contribution in [2.24, 2.45) is 0 Å². The van der Waals surface area contributed by atoms with E-state index in [0.717, 1.165) is 15.6 Å². The number of amides is 2. The van der Waals surface area contributed by atoms with Crippen LogP contribution in [-0.4, -0.2) is 6.03 Å². The predicted molar refractivity (Wildman–Crippen MR) is 85.6 cm³/mol. The molecule has 0 atom stereocenters. The summed E-state index contributed by atoms with van der Waals surface area (Å²) in [6.07, 6.45) is 0. The van der Waals surface area contributed by atoms with Gasteiger partial charge in [-0.25, -0.2) is 4.79 Å². The van der Waals surface area contributed by atoms with Crippen molar-refractivity contribution >= 4 is 33.3 Å². The standard InChI is InChI=1S/C15H16BrN3O/c1-10-7-12(16)14(8-13(10)17)19-15(20)18-9-11-5-3-2-4-6-11/h2-8H,9,17H2,1H3,(H2,18,19,20). The molecule has 0 spiro atoms. The monoisotopic (exact) mass is 333 g/mol. The van der Waals surface area contributed by atoms with E-state index in [1.165, 1.54) is 0 Å². The van der Waals surface area contributed by atoms with Gasteiger partial charge in [-0.1, -0.05) is 30.3 Å². The molecule has 2 rings (SSSR count). The number of carbonyl (C=O) groups is 1. The Balaban J connectivity index is 1.97. The molecule has 4 N–H and O–H groups in total. The summed E-state index contributed by atoms with van der Waals surface area (Å²) in [7, 11) is 0. The molecule has 0 heterocycles. The second kappa shape index (κ2) is 6.43. The number of rotatable bonds is 3. The number of nitrogens with one attached hydrogen (secondary N) is 2. The summed E-state index contributed by atoms with van der Waals surface area (Å²) < 4.78 is 0.805. The Morgan fingerprint density at radius 3 is 2.65 bits per heavy atom. The van der Waals surface area contributed by atoms with E-state index in [0.29, 0.717) is 17.9 Å². The Morgan fingerprint density at radius 1 is 1.25 bits per heavy atom. The van der Waals surface area contributed by atoms with Gasteiger partial charge in [0.05, 0.1) is 5.69 Å². The molecule has 0 aromatic heterocycles. The van der Waals surface area contributed by atoms with Gasteiger partial charge < -0.3 is 16.4 Å². The highest BCUT2D eigenvalue weighted by molar-refractivity contribution is 9.10. The number of aryl methyl sites for hydroxylation is 1. The lowest BCUT2D eigenvalue weighted by Gasteiger charge is -2.11. The maximum absolute atomic E-state index is 11.9. The van der Waals surface area contributed by atoms with Crippen LogP contribution in [-0.2, 0) is 6.54 Å². The van der Waals surface area contributed by atoms with Gasteiger partial charge in [0.15, 0.2) is 0 Å². The van der Waals surface area contributed by atoms with Gasteiger partial charge in [-0.15, -0.1) is 0 Å². The number of nitrogen functional groups attached to an aromatic ring is 1. The first-order chi connectivity index (χ1) is 9.56. The molecule has 2 aromatic rings. The Bertz CT molecular complexity index is 614. The van der Waals surface area contributed by atoms with Crippen LogP contribution < -0.4 is 16.4 Å². The molecule has 2 aromatic carbocycles. The van der Waals surface area contributed by atoms with Crippen molar-refractivity contribution in [3.05, 3.63) is 58.1 Å². The van der Waals surface area contributed by atoms with E-state index >= 15 is 0 Å². The van der Waals surface area contributed by atoms with Crippen molar-refractivity contribution < 1.29 is 4.79 Å². The summed E-state index contributed by atoms with van der Waals surface area (Å²) in [4.78, 5) is 11.9. The number of hydrogen-bond donors (Lipinski definition) is 3. The van der Waals surface area contributed by atoms with Crippen LogP contribution in [0.3, 0.4) is 0 Å². The highest BCUT2D eigenvalue weighted by atomic mass is 79.9. The Kier molecular flexibility index (Phi) is 4.63. The number of anilines is 2. The summed E-state index contributed by atoms with van der Waals surface area (Å²) >= 11 is 3.41. The normalized spacial score (nSPS) is 10.1. The van der Waals surface area contributed by atoms with Gasteiger partial charge in [0.25, 0.3) is 0 Å². The summed E-state index contributed by atoms with van der Waals surface area (Å²) in [6.45, 7) is 2.39. The molecule has 0 bridgehead atoms. The smallest absolute Gasteiger partial charge is 0.319 e. The fourth-order valence-electron chi connectivity index (χ4n) is 1.73. The summed E-state index contributed by atoms with van der Waals surface area (Å²) in [5.41, 5.74) is 9.15. The van der Waals surface area contributed by atoms with E-state index in [9.17, 15) is 4.79 Å². The molecular weight excluding hydrogens is 318 g/mol. The number of carbonyl (C=O) groups excluding carboxylic acids is 1. The summed E-state index contributed by atoms with van der Waals surface area (Å²) in [6, 6.07) is 13.1. The zero-order valence-electron chi connectivity index (χ0n) is 11.1. The lowest BCUT2D eigenvalue weighted by molar-refractivity contribution is 0.251. The van der Waals surface area contributed by atoms with Gasteiger partial charge in [-0.2, -0.15) is 0 Å². The van der Waals surface area contributed by atoms with Gasteiger partial charge in [0, 0.05) is 16.7 Å². The minimum atomic E-state index is -0.266. The minimum absolute atomic E-state index is 0.266. The van der Waals surface area contributed by atoms with Crippen LogP contribution in [0.4, 0.5) is 16.2 Å². The first-order valence-corrected chi connectivity index (χ1v) is 7.00. The average Bonchev–Trinajstić information content (AvgIpc) is 2.44. The van der Waals surface area contributed by atoms with Crippen LogP contribution in [0.1, 0.15) is 11.1 Å². The third-order valence-corrected chi connectivity index (χ3v) is 3.56. The molecule has 2 amide bonds. The molecule has 0 aliphatic rings. The molecule has 0 unspecified atom stereocenters. The molecule has 104 valence electrons. The molecular formula is C15H16BrN3O. The molecule has 4 nitrogen and oxygen atoms in total. The quantitative estimate of drug-likeness (QED) is 0.750. The van der Waals surface area contributed by atoms with Crippen molar-refractivity contribution in [1.82, 2.24) is 5.32 Å². The Hall–Kier alpha value is -2.01. The molecule has 0 saturated heterocycles. The average molecular weight is 334 g/mol. The van der Waals surface area contributed by atoms with Gasteiger partial charge in [-0.05, 0) is 46.1 Å². The van der Waals surface area contributed by atoms with Crippen LogP contribution >= 0.6 is 15.9 Å². The number of urea groups is 1. The topological polar surface area (TPSA) is 67.2 Å². The SMILES string of the molecule is Cc1cc(Br)c(NC(=O)NCc2ccccc2)cc1N. The van der Waals surface area contributed by atoms with E-state index in [4.69, 9.17) is 5.73 Å². The zero-order chi connectivity index (χ0) is 14.5. The first kappa shape index (κ1) is 14.4. The second-order valence-electron chi connectivity index (χ2n) is 4.48. The minimum Gasteiger partial charge on any atom is -0.398 e. The highest BCUT2D eigenvalue weighted by Gasteiger charge is 2.07. The zero-order valence-corrected chi connectivity index (χ0v) is 12.7. The van der Waals surface area contributed by atoms with Crippen LogP contribution in [0.25, 0.3) is 0 Å². The predicted octanol–water partition coefficient (Wildman–Crippen LogP) is 3.66. The summed E-state index contributed by atoms with van der Waals surface area (Å²) in [5, 5.41) is 5.57. The van der Waals surface area contributed by atoms with E-state index < -0.39 is 0 Å². The van der Waals surface area contributed by atoms with Gasteiger partial charge in [0.2, 0.25) is 0 Å². The molecule has 0 radical (unpaired) electrons. The number of halogens is 1. The van der Waals surface area contributed by atoms with E-state index in [1.54, 1.807) is 6.07 Å². The molecule has 5 heteroatoms. The number of nitrogens with two attached hydrogens (primary N) is 1. The third kappa shape index (κ3) is 3.74. The fraction of sp³-hybridized carbons (Fsp3) is 0.133. The van der Waals surface area contributed by atoms with Crippen molar-refractivity contribution in [3.63, 3.8) is 0 Å². The second-order valence-corrected chi connectivity index (χ2v) is 5.34. The van der Waals surface area contributed by atoms with Gasteiger partial charge in [-0.3, -0.25) is 0 Å². The fourth-order valence-corrected chi connectivity index (χ4v) is 2.29. The maximum Gasteiger partial charge on any atom is 0.319 e. The van der Waals surface area contributed by atoms with Crippen molar-refractivity contribution in [2.75, 3.05) is 11.1 Å². The largest absolute Gasteiger partial charge is 0.398 e. The lowest BCUT2D eigenvalue weighted by atomic mass is 10.2. The Morgan fingerprint density at radius 2 is 1.95 bits per heavy atom. The van der Waals surface area contributed by atoms with Crippen LogP contribution in [0.15, 0.2) is 46.9 Å². The number of hydrogen-bond acceptors (Lipinski definition) is 2. The van der Waals surface area contributed by atoms with Gasteiger partial charge in [0.1, 0.15) is 0 Å². The summed E-state index contributed by atoms with van der Waals surface area (Å²) in [5.74, 6) is 0. The Labute approximate surface area is 126 Å². The van der Waals surface area contributed by atoms with Gasteiger partial charge >= 0.3 is 6.03 Å². The van der Waals surface area contributed by atoms with Crippen molar-refractivity contribution in [3.8, 4) is 0 Å². The van der Waals surface area contributed by atoms with Crippen LogP contribution in [0.2, 0.25) is 0 Å². The maximum atomic E-state index is 11.9. The first-order valence-electron chi connectivity index (χ1n) is 6.20. The highest BCUT2D eigenvalue weighted by Crippen LogP contribution is 2.27. The number of benzene rings is 2. The molecule has 0 aliphatic carbocycles. The molecule has 0 aliphatic heterocycles. The van der Waals surface area contributed by atoms with E-state index in [2.05, 4.69) is 26.6 Å². The van der Waals surface area contributed by atoms with Crippen molar-refractivity contribution in [1.29, 1.82) is 0 Å². The van der Waals surface area contributed by atoms with Crippen LogP contribution in [0.5, 0.6) is 0 Å². The lowest BCUT2D eigenvalue weighted by Crippen LogP contribution is -2.28. The van der Waals surface area contributed by atoms with E-state index in [-0.39, 0.29) is 6.03 Å². The molecule has 20 heavy (non-hydrogen) atoms. The molecule has 0 fully saturated rings. The molecule has 0 saturated carbocycles. The van der Waals surface area contributed by atoms with E-state index in [1.807, 2.05) is 43.3 Å². The third-order valence-electron chi connectivity index (χ3n) is 2.90.